The Bertz CT molecular complexity index is 1230. The molecular weight excluding hydrogens is 469 g/mol. The Hall–Kier alpha value is -3.34. The molecule has 8 nitrogen and oxygen atoms in total. The van der Waals surface area contributed by atoms with Gasteiger partial charge in [0.25, 0.3) is 0 Å². The largest absolute Gasteiger partial charge is 0.416 e. The monoisotopic (exact) mass is 500 g/mol. The maximum Gasteiger partial charge on any atom is 0.416 e. The van der Waals surface area contributed by atoms with Crippen LogP contribution in [-0.2, 0) is 6.18 Å². The second-order valence-electron chi connectivity index (χ2n) is 9.67. The number of aromatic nitrogens is 3. The number of pyridine rings is 1. The molecule has 36 heavy (non-hydrogen) atoms. The predicted octanol–water partition coefficient (Wildman–Crippen LogP) is 4.15. The van der Waals surface area contributed by atoms with Crippen molar-refractivity contribution in [1.29, 1.82) is 0 Å². The summed E-state index contributed by atoms with van der Waals surface area (Å²) in [6, 6.07) is 5.15. The van der Waals surface area contributed by atoms with E-state index in [0.717, 1.165) is 75.4 Å². The molecule has 2 aromatic heterocycles. The minimum Gasteiger partial charge on any atom is -0.399 e. The van der Waals surface area contributed by atoms with Crippen LogP contribution in [0.3, 0.4) is 0 Å². The van der Waals surface area contributed by atoms with Gasteiger partial charge in [0.05, 0.1) is 23.3 Å². The number of nitrogens with zero attached hydrogens (tertiary/aromatic N) is 6. The van der Waals surface area contributed by atoms with Crippen molar-refractivity contribution in [2.75, 3.05) is 67.2 Å². The molecule has 3 aromatic rings. The van der Waals surface area contributed by atoms with Crippen LogP contribution in [0, 0.1) is 0 Å². The minimum absolute atomic E-state index is 0.0691. The summed E-state index contributed by atoms with van der Waals surface area (Å²) in [5.74, 6) is 2.01. The highest BCUT2D eigenvalue weighted by atomic mass is 19.4. The topological polar surface area (TPSA) is 86.4 Å². The number of nitrogen functional groups attached to an aromatic ring is 1. The van der Waals surface area contributed by atoms with Crippen LogP contribution in [0.2, 0.25) is 0 Å². The van der Waals surface area contributed by atoms with E-state index in [1.54, 1.807) is 19.2 Å². The predicted molar refractivity (Wildman–Crippen MR) is 136 cm³/mol. The molecule has 1 aromatic carbocycles. The highest BCUT2D eigenvalue weighted by molar-refractivity contribution is 5.91. The maximum absolute atomic E-state index is 13.4. The summed E-state index contributed by atoms with van der Waals surface area (Å²) in [4.78, 5) is 20.9. The standard InChI is InChI=1S/C25H31F3N8/c1-16(17-11-18(25(26,27)28)13-19(29)12-17)31-23-20-14-22(35-5-3-4-6-35)30-15-21(20)32-24(33-23)36-9-7-34(2)8-10-36/h11-16H,3-10,29H2,1-2H3,(H,31,32,33). The van der Waals surface area contributed by atoms with Gasteiger partial charge in [-0.15, -0.1) is 0 Å². The summed E-state index contributed by atoms with van der Waals surface area (Å²) in [5.41, 5.74) is 6.25. The lowest BCUT2D eigenvalue weighted by atomic mass is 10.0. The fourth-order valence-corrected chi connectivity index (χ4v) is 4.76. The normalized spacial score (nSPS) is 18.1. The van der Waals surface area contributed by atoms with Gasteiger partial charge in [-0.3, -0.25) is 0 Å². The number of rotatable bonds is 5. The molecule has 0 spiro atoms. The molecular formula is C25H31F3N8. The van der Waals surface area contributed by atoms with Crippen LogP contribution in [0.1, 0.15) is 36.9 Å². The van der Waals surface area contributed by atoms with E-state index in [0.29, 0.717) is 22.8 Å². The number of piperazine rings is 1. The van der Waals surface area contributed by atoms with E-state index in [1.165, 1.54) is 0 Å². The van der Waals surface area contributed by atoms with Gasteiger partial charge in [-0.05, 0) is 56.6 Å². The van der Waals surface area contributed by atoms with E-state index in [4.69, 9.17) is 15.7 Å². The molecule has 2 aliphatic heterocycles. The van der Waals surface area contributed by atoms with Crippen molar-refractivity contribution >= 4 is 34.2 Å². The molecule has 2 aliphatic rings. The summed E-state index contributed by atoms with van der Waals surface area (Å²) in [7, 11) is 2.08. The van der Waals surface area contributed by atoms with Crippen LogP contribution >= 0.6 is 0 Å². The van der Waals surface area contributed by atoms with Gasteiger partial charge >= 0.3 is 6.18 Å². The molecule has 0 aliphatic carbocycles. The van der Waals surface area contributed by atoms with Gasteiger partial charge in [0.1, 0.15) is 11.6 Å². The summed E-state index contributed by atoms with van der Waals surface area (Å²) in [6.45, 7) is 7.08. The van der Waals surface area contributed by atoms with Gasteiger partial charge in [-0.1, -0.05) is 0 Å². The van der Waals surface area contributed by atoms with Crippen LogP contribution in [0.25, 0.3) is 10.9 Å². The number of halogens is 3. The summed E-state index contributed by atoms with van der Waals surface area (Å²) in [5, 5.41) is 4.14. The van der Waals surface area contributed by atoms with Gasteiger partial charge in [-0.2, -0.15) is 18.2 Å². The van der Waals surface area contributed by atoms with E-state index >= 15 is 0 Å². The number of nitrogens with two attached hydrogens (primary N) is 1. The van der Waals surface area contributed by atoms with Gasteiger partial charge in [-0.25, -0.2) is 9.97 Å². The zero-order valence-corrected chi connectivity index (χ0v) is 20.5. The van der Waals surface area contributed by atoms with Crippen molar-refractivity contribution in [3.63, 3.8) is 0 Å². The second-order valence-corrected chi connectivity index (χ2v) is 9.67. The fourth-order valence-electron chi connectivity index (χ4n) is 4.76. The Morgan fingerprint density at radius 2 is 1.67 bits per heavy atom. The lowest BCUT2D eigenvalue weighted by molar-refractivity contribution is -0.137. The van der Waals surface area contributed by atoms with E-state index in [2.05, 4.69) is 32.0 Å². The lowest BCUT2D eigenvalue weighted by Gasteiger charge is -2.32. The number of anilines is 4. The molecule has 5 rings (SSSR count). The van der Waals surface area contributed by atoms with Crippen molar-refractivity contribution in [1.82, 2.24) is 19.9 Å². The molecule has 2 fully saturated rings. The number of alkyl halides is 3. The van der Waals surface area contributed by atoms with Crippen molar-refractivity contribution in [3.8, 4) is 0 Å². The fraction of sp³-hybridized carbons (Fsp3) is 0.480. The smallest absolute Gasteiger partial charge is 0.399 e. The molecule has 4 heterocycles. The first-order chi connectivity index (χ1) is 17.2. The number of hydrogen-bond donors (Lipinski definition) is 2. The van der Waals surface area contributed by atoms with Crippen molar-refractivity contribution in [2.45, 2.75) is 32.0 Å². The molecule has 1 atom stereocenters. The first-order valence-electron chi connectivity index (χ1n) is 12.3. The highest BCUT2D eigenvalue weighted by Crippen LogP contribution is 2.35. The van der Waals surface area contributed by atoms with Gasteiger partial charge in [0, 0.05) is 50.3 Å². The number of likely N-dealkylation sites (N-methyl/N-ethyl adjacent to an activating group) is 1. The number of hydrogen-bond acceptors (Lipinski definition) is 8. The quantitative estimate of drug-likeness (QED) is 0.506. The van der Waals surface area contributed by atoms with Crippen molar-refractivity contribution < 1.29 is 13.2 Å². The van der Waals surface area contributed by atoms with Crippen molar-refractivity contribution in [2.24, 2.45) is 0 Å². The zero-order chi connectivity index (χ0) is 25.4. The average molecular weight is 501 g/mol. The molecule has 3 N–H and O–H groups in total. The molecule has 0 amide bonds. The third-order valence-corrected chi connectivity index (χ3v) is 6.93. The first kappa shape index (κ1) is 24.4. The average Bonchev–Trinajstić information content (AvgIpc) is 3.38. The van der Waals surface area contributed by atoms with E-state index in [9.17, 15) is 13.2 Å². The Labute approximate surface area is 208 Å². The third-order valence-electron chi connectivity index (χ3n) is 6.93. The SMILES string of the molecule is CC(Nc1nc(N2CCN(C)CC2)nc2cnc(N3CCCC3)cc12)c1cc(N)cc(C(F)(F)F)c1. The number of fused-ring (bicyclic) bond motifs is 1. The molecule has 2 saturated heterocycles. The van der Waals surface area contributed by atoms with Gasteiger partial charge < -0.3 is 25.8 Å². The Kier molecular flexibility index (Phi) is 6.50. The van der Waals surface area contributed by atoms with Crippen LogP contribution in [0.15, 0.2) is 30.5 Å². The molecule has 192 valence electrons. The van der Waals surface area contributed by atoms with Crippen LogP contribution in [0.4, 0.5) is 36.4 Å². The van der Waals surface area contributed by atoms with Gasteiger partial charge in [0.2, 0.25) is 5.95 Å². The van der Waals surface area contributed by atoms with Crippen LogP contribution in [-0.4, -0.2) is 66.2 Å². The van der Waals surface area contributed by atoms with Gasteiger partial charge in [0.15, 0.2) is 0 Å². The Morgan fingerprint density at radius 3 is 2.36 bits per heavy atom. The Morgan fingerprint density at radius 1 is 0.944 bits per heavy atom. The minimum atomic E-state index is -4.48. The lowest BCUT2D eigenvalue weighted by Crippen LogP contribution is -2.45. The van der Waals surface area contributed by atoms with Crippen LogP contribution in [0.5, 0.6) is 0 Å². The number of benzene rings is 1. The van der Waals surface area contributed by atoms with Crippen LogP contribution < -0.4 is 20.9 Å². The second kappa shape index (κ2) is 9.61. The van der Waals surface area contributed by atoms with E-state index in [1.807, 2.05) is 6.07 Å². The molecule has 0 bridgehead atoms. The zero-order valence-electron chi connectivity index (χ0n) is 20.5. The number of nitrogens with one attached hydrogen (secondary N) is 1. The Balaban J connectivity index is 1.53. The molecule has 1 unspecified atom stereocenters. The van der Waals surface area contributed by atoms with Crippen molar-refractivity contribution in [3.05, 3.63) is 41.6 Å². The van der Waals surface area contributed by atoms with E-state index in [-0.39, 0.29) is 5.69 Å². The molecule has 0 radical (unpaired) electrons. The first-order valence-corrected chi connectivity index (χ1v) is 12.3. The summed E-state index contributed by atoms with van der Waals surface area (Å²) in [6.07, 6.45) is -0.464. The highest BCUT2D eigenvalue weighted by Gasteiger charge is 2.31. The maximum atomic E-state index is 13.4. The molecule has 11 heteroatoms. The molecule has 0 saturated carbocycles. The van der Waals surface area contributed by atoms with E-state index < -0.39 is 17.8 Å². The summed E-state index contributed by atoms with van der Waals surface area (Å²) >= 11 is 0. The third kappa shape index (κ3) is 5.11. The summed E-state index contributed by atoms with van der Waals surface area (Å²) < 4.78 is 40.2.